The van der Waals surface area contributed by atoms with E-state index < -0.39 is 17.7 Å². The van der Waals surface area contributed by atoms with Crippen molar-refractivity contribution in [2.45, 2.75) is 25.0 Å². The second-order valence-corrected chi connectivity index (χ2v) is 5.71. The Kier molecular flexibility index (Phi) is 5.07. The number of hydrogen-bond donors (Lipinski definition) is 1. The Morgan fingerprint density at radius 3 is 2.50 bits per heavy atom. The molecule has 2 unspecified atom stereocenters. The Labute approximate surface area is 118 Å². The Balaban J connectivity index is 1.85. The first-order valence-corrected chi connectivity index (χ1v) is 6.98. The Morgan fingerprint density at radius 1 is 1.30 bits per heavy atom. The summed E-state index contributed by atoms with van der Waals surface area (Å²) >= 11 is 0. The van der Waals surface area contributed by atoms with Crippen LogP contribution in [0.25, 0.3) is 0 Å². The second kappa shape index (κ2) is 6.61. The molecule has 0 aromatic heterocycles. The lowest BCUT2D eigenvalue weighted by atomic mass is 10.1. The SMILES string of the molecule is CN(C)C1CCN(CCC(O)c2cc(F)cc(F)c2)C1. The predicted molar refractivity (Wildman–Crippen MR) is 74.5 cm³/mol. The van der Waals surface area contributed by atoms with Crippen LogP contribution in [0.2, 0.25) is 0 Å². The molecule has 0 spiro atoms. The van der Waals surface area contributed by atoms with Gasteiger partial charge in [-0.05, 0) is 51.2 Å². The monoisotopic (exact) mass is 284 g/mol. The van der Waals surface area contributed by atoms with Gasteiger partial charge in [0.05, 0.1) is 6.10 Å². The lowest BCUT2D eigenvalue weighted by Crippen LogP contribution is -2.32. The first-order valence-electron chi connectivity index (χ1n) is 6.98. The summed E-state index contributed by atoms with van der Waals surface area (Å²) in [5, 5.41) is 10.0. The number of hydrogen-bond acceptors (Lipinski definition) is 3. The van der Waals surface area contributed by atoms with E-state index in [1.807, 2.05) is 0 Å². The van der Waals surface area contributed by atoms with Crippen LogP contribution < -0.4 is 0 Å². The van der Waals surface area contributed by atoms with Crippen LogP contribution in [0.3, 0.4) is 0 Å². The summed E-state index contributed by atoms with van der Waals surface area (Å²) in [6, 6.07) is 3.76. The zero-order valence-electron chi connectivity index (χ0n) is 12.0. The van der Waals surface area contributed by atoms with Gasteiger partial charge in [-0.2, -0.15) is 0 Å². The van der Waals surface area contributed by atoms with Crippen LogP contribution in [-0.2, 0) is 0 Å². The molecule has 1 N–H and O–H groups in total. The van der Waals surface area contributed by atoms with Gasteiger partial charge < -0.3 is 14.9 Å². The number of aliphatic hydroxyl groups excluding tert-OH is 1. The highest BCUT2D eigenvalue weighted by Gasteiger charge is 2.24. The van der Waals surface area contributed by atoms with Crippen LogP contribution in [0, 0.1) is 11.6 Å². The molecular formula is C15H22F2N2O. The third-order valence-corrected chi connectivity index (χ3v) is 3.97. The van der Waals surface area contributed by atoms with Crippen molar-refractivity contribution in [3.63, 3.8) is 0 Å². The van der Waals surface area contributed by atoms with Crippen LogP contribution in [0.1, 0.15) is 24.5 Å². The van der Waals surface area contributed by atoms with Crippen LogP contribution in [0.4, 0.5) is 8.78 Å². The van der Waals surface area contributed by atoms with Gasteiger partial charge in [-0.3, -0.25) is 0 Å². The number of likely N-dealkylation sites (tertiary alicyclic amines) is 1. The molecule has 3 nitrogen and oxygen atoms in total. The molecule has 2 atom stereocenters. The number of nitrogens with zero attached hydrogens (tertiary/aromatic N) is 2. The van der Waals surface area contributed by atoms with Crippen molar-refractivity contribution in [1.29, 1.82) is 0 Å². The van der Waals surface area contributed by atoms with E-state index in [1.165, 1.54) is 12.1 Å². The van der Waals surface area contributed by atoms with E-state index in [-0.39, 0.29) is 0 Å². The minimum absolute atomic E-state index is 0.311. The predicted octanol–water partition coefficient (Wildman–Crippen LogP) is 2.02. The summed E-state index contributed by atoms with van der Waals surface area (Å²) in [7, 11) is 4.14. The van der Waals surface area contributed by atoms with Crippen molar-refractivity contribution in [2.24, 2.45) is 0 Å². The molecule has 112 valence electrons. The highest BCUT2D eigenvalue weighted by Crippen LogP contribution is 2.21. The minimum atomic E-state index is -0.821. The van der Waals surface area contributed by atoms with Crippen molar-refractivity contribution < 1.29 is 13.9 Å². The third kappa shape index (κ3) is 3.98. The van der Waals surface area contributed by atoms with E-state index in [0.29, 0.717) is 18.0 Å². The van der Waals surface area contributed by atoms with Crippen LogP contribution in [0.5, 0.6) is 0 Å². The quantitative estimate of drug-likeness (QED) is 0.896. The van der Waals surface area contributed by atoms with Gasteiger partial charge in [-0.25, -0.2) is 8.78 Å². The van der Waals surface area contributed by atoms with Gasteiger partial charge in [0.2, 0.25) is 0 Å². The highest BCUT2D eigenvalue weighted by atomic mass is 19.1. The van der Waals surface area contributed by atoms with Crippen LogP contribution >= 0.6 is 0 Å². The Morgan fingerprint density at radius 2 is 1.95 bits per heavy atom. The molecule has 0 amide bonds. The molecule has 1 aromatic carbocycles. The number of benzene rings is 1. The van der Waals surface area contributed by atoms with Gasteiger partial charge in [0.15, 0.2) is 0 Å². The van der Waals surface area contributed by atoms with Crippen molar-refractivity contribution in [3.8, 4) is 0 Å². The van der Waals surface area contributed by atoms with Crippen molar-refractivity contribution in [3.05, 3.63) is 35.4 Å². The van der Waals surface area contributed by atoms with E-state index in [2.05, 4.69) is 23.9 Å². The van der Waals surface area contributed by atoms with Crippen molar-refractivity contribution in [2.75, 3.05) is 33.7 Å². The highest BCUT2D eigenvalue weighted by molar-refractivity contribution is 5.20. The molecule has 0 bridgehead atoms. The topological polar surface area (TPSA) is 26.7 Å². The minimum Gasteiger partial charge on any atom is -0.388 e. The summed E-state index contributed by atoms with van der Waals surface area (Å²) in [4.78, 5) is 4.49. The van der Waals surface area contributed by atoms with E-state index in [9.17, 15) is 13.9 Å². The second-order valence-electron chi connectivity index (χ2n) is 5.71. The lowest BCUT2D eigenvalue weighted by Gasteiger charge is -2.21. The van der Waals surface area contributed by atoms with Gasteiger partial charge in [-0.1, -0.05) is 0 Å². The normalized spacial score (nSPS) is 21.6. The molecule has 0 aliphatic carbocycles. The number of aliphatic hydroxyl groups is 1. The van der Waals surface area contributed by atoms with Crippen LogP contribution in [0.15, 0.2) is 18.2 Å². The Bertz CT molecular complexity index is 433. The van der Waals surface area contributed by atoms with Gasteiger partial charge >= 0.3 is 0 Å². The molecular weight excluding hydrogens is 262 g/mol. The molecule has 0 saturated carbocycles. The van der Waals surface area contributed by atoms with E-state index in [0.717, 1.165) is 32.1 Å². The first-order chi connectivity index (χ1) is 9.45. The lowest BCUT2D eigenvalue weighted by molar-refractivity contribution is 0.146. The molecule has 1 aliphatic rings. The maximum atomic E-state index is 13.1. The molecule has 1 aromatic rings. The van der Waals surface area contributed by atoms with Crippen molar-refractivity contribution in [1.82, 2.24) is 9.80 Å². The molecule has 0 radical (unpaired) electrons. The molecule has 1 fully saturated rings. The third-order valence-electron chi connectivity index (χ3n) is 3.97. The molecule has 20 heavy (non-hydrogen) atoms. The van der Waals surface area contributed by atoms with Crippen LogP contribution in [-0.4, -0.2) is 54.7 Å². The summed E-state index contributed by atoms with van der Waals surface area (Å²) in [6.45, 7) is 2.73. The van der Waals surface area contributed by atoms with E-state index in [4.69, 9.17) is 0 Å². The summed E-state index contributed by atoms with van der Waals surface area (Å²) in [6.07, 6.45) is 0.791. The molecule has 1 heterocycles. The van der Waals surface area contributed by atoms with Gasteiger partial charge in [0.25, 0.3) is 0 Å². The smallest absolute Gasteiger partial charge is 0.126 e. The first kappa shape index (κ1) is 15.4. The number of halogens is 2. The molecule has 5 heteroatoms. The summed E-state index contributed by atoms with van der Waals surface area (Å²) in [5.41, 5.74) is 0.311. The fourth-order valence-corrected chi connectivity index (χ4v) is 2.68. The maximum absolute atomic E-state index is 13.1. The average Bonchev–Trinajstić information content (AvgIpc) is 2.83. The maximum Gasteiger partial charge on any atom is 0.126 e. The van der Waals surface area contributed by atoms with Gasteiger partial charge in [0, 0.05) is 25.2 Å². The van der Waals surface area contributed by atoms with Gasteiger partial charge in [0.1, 0.15) is 11.6 Å². The standard InChI is InChI=1S/C15H22F2N2O/c1-18(2)14-3-5-19(10-14)6-4-15(20)11-7-12(16)9-13(17)8-11/h7-9,14-15,20H,3-6,10H2,1-2H3. The van der Waals surface area contributed by atoms with Crippen molar-refractivity contribution >= 4 is 0 Å². The van der Waals surface area contributed by atoms with E-state index in [1.54, 1.807) is 0 Å². The fraction of sp³-hybridized carbons (Fsp3) is 0.600. The molecule has 1 saturated heterocycles. The molecule has 2 rings (SSSR count). The largest absolute Gasteiger partial charge is 0.388 e. The van der Waals surface area contributed by atoms with E-state index >= 15 is 0 Å². The summed E-state index contributed by atoms with van der Waals surface area (Å²) in [5.74, 6) is -1.29. The Hall–Kier alpha value is -1.04. The zero-order valence-corrected chi connectivity index (χ0v) is 12.0. The summed E-state index contributed by atoms with van der Waals surface area (Å²) < 4.78 is 26.2. The zero-order chi connectivity index (χ0) is 14.7. The molecule has 1 aliphatic heterocycles. The average molecular weight is 284 g/mol. The number of rotatable bonds is 5. The number of likely N-dealkylation sites (N-methyl/N-ethyl adjacent to an activating group) is 1. The van der Waals surface area contributed by atoms with Gasteiger partial charge in [-0.15, -0.1) is 0 Å². The fourth-order valence-electron chi connectivity index (χ4n) is 2.68.